The number of hydrogen-bond donors (Lipinski definition) is 1. The fourth-order valence-corrected chi connectivity index (χ4v) is 3.22. The number of fused-ring (bicyclic) bond motifs is 1. The number of pyridine rings is 1. The fraction of sp³-hybridized carbons (Fsp3) is 0.250. The van der Waals surface area contributed by atoms with Crippen LogP contribution in [0.1, 0.15) is 36.7 Å². The van der Waals surface area contributed by atoms with E-state index in [-0.39, 0.29) is 6.42 Å². The van der Waals surface area contributed by atoms with Gasteiger partial charge in [0.1, 0.15) is 5.15 Å². The molecule has 0 atom stereocenters. The van der Waals surface area contributed by atoms with E-state index in [1.165, 1.54) is 0 Å². The van der Waals surface area contributed by atoms with Crippen LogP contribution in [0.2, 0.25) is 5.15 Å². The lowest BCUT2D eigenvalue weighted by Gasteiger charge is -2.13. The predicted molar refractivity (Wildman–Crippen MR) is 103 cm³/mol. The molecule has 3 aromatic rings. The van der Waals surface area contributed by atoms with Crippen molar-refractivity contribution in [3.05, 3.63) is 58.6 Å². The molecule has 6 heteroatoms. The molecule has 0 saturated carbocycles. The third-order valence-electron chi connectivity index (χ3n) is 4.29. The third-order valence-corrected chi connectivity index (χ3v) is 4.49. The molecule has 3 rings (SSSR count). The van der Waals surface area contributed by atoms with Crippen molar-refractivity contribution in [1.29, 1.82) is 0 Å². The van der Waals surface area contributed by atoms with Crippen molar-refractivity contribution < 1.29 is 9.90 Å². The summed E-state index contributed by atoms with van der Waals surface area (Å²) in [7, 11) is 0. The Balaban J connectivity index is 2.20. The van der Waals surface area contributed by atoms with Gasteiger partial charge in [0.25, 0.3) is 0 Å². The first-order chi connectivity index (χ1) is 12.5. The van der Waals surface area contributed by atoms with Crippen LogP contribution in [0.5, 0.6) is 0 Å². The molecule has 0 aliphatic carbocycles. The Hall–Kier alpha value is -2.66. The lowest BCUT2D eigenvalue weighted by Crippen LogP contribution is -2.03. The maximum Gasteiger partial charge on any atom is 0.303 e. The summed E-state index contributed by atoms with van der Waals surface area (Å²) in [4.78, 5) is 14.8. The number of aliphatic carboxylic acids is 1. The number of aromatic nitrogens is 3. The van der Waals surface area contributed by atoms with Crippen LogP contribution < -0.4 is 0 Å². The molecule has 0 radical (unpaired) electrons. The SMILES string of the molecule is CCc1ccc2c(-c3ccnc(Cl)c3)c(/C=C/CCC(=O)O)c(C)nn12. The number of allylic oxidation sites excluding steroid dienone is 1. The molecule has 0 aliphatic rings. The van der Waals surface area contributed by atoms with Gasteiger partial charge < -0.3 is 5.11 Å². The zero-order valence-electron chi connectivity index (χ0n) is 14.7. The van der Waals surface area contributed by atoms with Gasteiger partial charge in [0.15, 0.2) is 0 Å². The molecule has 0 saturated heterocycles. The Morgan fingerprint density at radius 2 is 2.15 bits per heavy atom. The van der Waals surface area contributed by atoms with Crippen LogP contribution in [0.15, 0.2) is 36.5 Å². The maximum atomic E-state index is 10.7. The molecule has 0 unspecified atom stereocenters. The summed E-state index contributed by atoms with van der Waals surface area (Å²) in [5, 5.41) is 14.0. The predicted octanol–water partition coefficient (Wildman–Crippen LogP) is 4.80. The van der Waals surface area contributed by atoms with Gasteiger partial charge in [0, 0.05) is 29.4 Å². The van der Waals surface area contributed by atoms with Crippen LogP contribution >= 0.6 is 11.6 Å². The second-order valence-corrected chi connectivity index (χ2v) is 6.44. The Kier molecular flexibility index (Phi) is 5.38. The number of rotatable bonds is 6. The van der Waals surface area contributed by atoms with E-state index in [2.05, 4.69) is 24.0 Å². The summed E-state index contributed by atoms with van der Waals surface area (Å²) in [6.07, 6.45) is 6.97. The minimum atomic E-state index is -0.805. The van der Waals surface area contributed by atoms with E-state index >= 15 is 0 Å². The Labute approximate surface area is 157 Å². The number of halogens is 1. The number of hydrogen-bond acceptors (Lipinski definition) is 3. The summed E-state index contributed by atoms with van der Waals surface area (Å²) in [5.74, 6) is -0.805. The Morgan fingerprint density at radius 1 is 1.35 bits per heavy atom. The van der Waals surface area contributed by atoms with E-state index in [9.17, 15) is 4.79 Å². The number of carbonyl (C=O) groups is 1. The van der Waals surface area contributed by atoms with Gasteiger partial charge >= 0.3 is 5.97 Å². The van der Waals surface area contributed by atoms with Crippen LogP contribution in [0.25, 0.3) is 22.7 Å². The van der Waals surface area contributed by atoms with Gasteiger partial charge in [0.05, 0.1) is 11.2 Å². The normalized spacial score (nSPS) is 11.5. The highest BCUT2D eigenvalue weighted by atomic mass is 35.5. The van der Waals surface area contributed by atoms with Gasteiger partial charge in [0.2, 0.25) is 0 Å². The van der Waals surface area contributed by atoms with Crippen molar-refractivity contribution >= 4 is 29.2 Å². The van der Waals surface area contributed by atoms with Crippen LogP contribution in [0, 0.1) is 6.92 Å². The van der Waals surface area contributed by atoms with Crippen LogP contribution in [-0.4, -0.2) is 25.7 Å². The number of aryl methyl sites for hydroxylation is 2. The van der Waals surface area contributed by atoms with Gasteiger partial charge in [-0.1, -0.05) is 30.7 Å². The lowest BCUT2D eigenvalue weighted by atomic mass is 9.99. The Morgan fingerprint density at radius 3 is 2.85 bits per heavy atom. The van der Waals surface area contributed by atoms with Crippen molar-refractivity contribution in [2.24, 2.45) is 0 Å². The van der Waals surface area contributed by atoms with E-state index < -0.39 is 5.97 Å². The molecule has 0 spiro atoms. The van der Waals surface area contributed by atoms with Gasteiger partial charge in [-0.25, -0.2) is 9.50 Å². The molecule has 3 aromatic heterocycles. The van der Waals surface area contributed by atoms with E-state index in [4.69, 9.17) is 21.8 Å². The molecular formula is C20H20ClN3O2. The van der Waals surface area contributed by atoms with Gasteiger partial charge in [-0.2, -0.15) is 5.10 Å². The molecule has 26 heavy (non-hydrogen) atoms. The zero-order chi connectivity index (χ0) is 18.7. The van der Waals surface area contributed by atoms with E-state index in [1.807, 2.05) is 35.7 Å². The first-order valence-electron chi connectivity index (χ1n) is 8.52. The maximum absolute atomic E-state index is 10.7. The molecule has 0 amide bonds. The van der Waals surface area contributed by atoms with E-state index in [1.54, 1.807) is 6.20 Å². The van der Waals surface area contributed by atoms with Crippen molar-refractivity contribution in [3.8, 4) is 11.1 Å². The van der Waals surface area contributed by atoms with E-state index in [0.29, 0.717) is 11.6 Å². The van der Waals surface area contributed by atoms with Crippen molar-refractivity contribution in [1.82, 2.24) is 14.6 Å². The quantitative estimate of drug-likeness (QED) is 0.634. The molecule has 5 nitrogen and oxygen atoms in total. The molecule has 3 heterocycles. The second kappa shape index (κ2) is 7.70. The number of carboxylic acid groups (broad SMARTS) is 1. The minimum absolute atomic E-state index is 0.104. The summed E-state index contributed by atoms with van der Waals surface area (Å²) >= 11 is 6.12. The van der Waals surface area contributed by atoms with Crippen LogP contribution in [0.4, 0.5) is 0 Å². The molecule has 0 fully saturated rings. The standard InChI is InChI=1S/C20H20ClN3O2/c1-3-15-8-9-17-20(14-10-11-22-18(21)12-14)16(13(2)23-24(15)17)6-4-5-7-19(25)26/h4,6,8-12H,3,5,7H2,1-2H3,(H,25,26)/b6-4+. The Bertz CT molecular complexity index is 992. The van der Waals surface area contributed by atoms with Crippen molar-refractivity contribution in [2.75, 3.05) is 0 Å². The minimum Gasteiger partial charge on any atom is -0.481 e. The molecule has 0 aromatic carbocycles. The van der Waals surface area contributed by atoms with Crippen LogP contribution in [0.3, 0.4) is 0 Å². The highest BCUT2D eigenvalue weighted by molar-refractivity contribution is 6.29. The number of nitrogens with zero attached hydrogens (tertiary/aromatic N) is 3. The largest absolute Gasteiger partial charge is 0.481 e. The van der Waals surface area contributed by atoms with Crippen molar-refractivity contribution in [3.63, 3.8) is 0 Å². The van der Waals surface area contributed by atoms with Gasteiger partial charge in [-0.05, 0) is 49.6 Å². The topological polar surface area (TPSA) is 67.5 Å². The van der Waals surface area contributed by atoms with Gasteiger partial charge in [-0.15, -0.1) is 0 Å². The number of carboxylic acids is 1. The second-order valence-electron chi connectivity index (χ2n) is 6.05. The van der Waals surface area contributed by atoms with Gasteiger partial charge in [-0.3, -0.25) is 4.79 Å². The first-order valence-corrected chi connectivity index (χ1v) is 8.90. The average molecular weight is 370 g/mol. The molecular weight excluding hydrogens is 350 g/mol. The summed E-state index contributed by atoms with van der Waals surface area (Å²) < 4.78 is 1.97. The van der Waals surface area contributed by atoms with Crippen LogP contribution in [-0.2, 0) is 11.2 Å². The average Bonchev–Trinajstić information content (AvgIpc) is 3.00. The smallest absolute Gasteiger partial charge is 0.303 e. The zero-order valence-corrected chi connectivity index (χ0v) is 15.5. The third kappa shape index (κ3) is 3.63. The first kappa shape index (κ1) is 18.1. The monoisotopic (exact) mass is 369 g/mol. The highest BCUT2D eigenvalue weighted by Gasteiger charge is 2.15. The lowest BCUT2D eigenvalue weighted by molar-refractivity contribution is -0.136. The molecule has 0 aliphatic heterocycles. The van der Waals surface area contributed by atoms with Crippen molar-refractivity contribution in [2.45, 2.75) is 33.1 Å². The molecule has 134 valence electrons. The highest BCUT2D eigenvalue weighted by Crippen LogP contribution is 2.33. The summed E-state index contributed by atoms with van der Waals surface area (Å²) in [5.41, 5.74) is 5.94. The summed E-state index contributed by atoms with van der Waals surface area (Å²) in [6, 6.07) is 7.90. The fourth-order valence-electron chi connectivity index (χ4n) is 3.04. The summed E-state index contributed by atoms with van der Waals surface area (Å²) in [6.45, 7) is 4.06. The van der Waals surface area contributed by atoms with E-state index in [0.717, 1.165) is 40.0 Å². The molecule has 0 bridgehead atoms. The molecule has 1 N–H and O–H groups in total.